The van der Waals surface area contributed by atoms with Gasteiger partial charge in [0.05, 0.1) is 14.2 Å². The summed E-state index contributed by atoms with van der Waals surface area (Å²) < 4.78 is 13.0. The van der Waals surface area contributed by atoms with E-state index in [4.69, 9.17) is 0 Å². The van der Waals surface area contributed by atoms with Crippen molar-refractivity contribution in [1.29, 1.82) is 0 Å². The molecule has 0 aliphatic heterocycles. The summed E-state index contributed by atoms with van der Waals surface area (Å²) in [6, 6.07) is 0. The molecule has 0 aromatic carbocycles. The third kappa shape index (κ3) is 6.77. The van der Waals surface area contributed by atoms with E-state index in [-0.39, 0.29) is 5.95 Å². The molecule has 8 unspecified atom stereocenters. The van der Waals surface area contributed by atoms with Crippen LogP contribution in [0.3, 0.4) is 0 Å². The summed E-state index contributed by atoms with van der Waals surface area (Å²) >= 11 is 0. The molecule has 0 saturated heterocycles. The number of carbonyl (C=O) groups is 2. The first kappa shape index (κ1) is 27.0. The van der Waals surface area contributed by atoms with E-state index in [1.807, 2.05) is 0 Å². The Bertz CT molecular complexity index is 798. The minimum Gasteiger partial charge on any atom is -0.469 e. The van der Waals surface area contributed by atoms with Gasteiger partial charge in [0.25, 0.3) is 5.95 Å². The van der Waals surface area contributed by atoms with E-state index < -0.39 is 11.9 Å². The summed E-state index contributed by atoms with van der Waals surface area (Å²) in [7, 11) is 2.67. The van der Waals surface area contributed by atoms with Gasteiger partial charge in [0, 0.05) is 12.2 Å². The van der Waals surface area contributed by atoms with Crippen molar-refractivity contribution >= 4 is 11.9 Å². The predicted octanol–water partition coefficient (Wildman–Crippen LogP) is 6.40. The second-order valence-corrected chi connectivity index (χ2v) is 10.4. The molecule has 0 aromatic rings. The van der Waals surface area contributed by atoms with Crippen LogP contribution in [0.2, 0.25) is 0 Å². The van der Waals surface area contributed by atoms with Crippen molar-refractivity contribution in [2.24, 2.45) is 47.3 Å². The third-order valence-corrected chi connectivity index (χ3v) is 8.83. The smallest absolute Gasteiger partial charge is 0.337 e. The molecule has 0 heterocycles. The van der Waals surface area contributed by atoms with E-state index in [9.17, 15) is 9.59 Å². The van der Waals surface area contributed by atoms with E-state index in [1.165, 1.54) is 39.9 Å². The van der Waals surface area contributed by atoms with Crippen LogP contribution in [0.4, 0.5) is 0 Å². The average molecular weight is 483 g/mol. The molecule has 0 aromatic heterocycles. The molecule has 0 radical (unpaired) electrons. The molecule has 8 atom stereocenters. The van der Waals surface area contributed by atoms with Gasteiger partial charge < -0.3 is 14.2 Å². The maximum atomic E-state index is 10.3. The van der Waals surface area contributed by atoms with Gasteiger partial charge in [-0.3, -0.25) is 0 Å². The van der Waals surface area contributed by atoms with Gasteiger partial charge in [-0.2, -0.15) is 0 Å². The summed E-state index contributed by atoms with van der Waals surface area (Å²) in [5, 5.41) is 0. The van der Waals surface area contributed by atoms with Crippen molar-refractivity contribution in [1.82, 2.24) is 0 Å². The van der Waals surface area contributed by atoms with Crippen LogP contribution < -0.4 is 0 Å². The standard InChI is InChI=1S/2C10H14.C6H8O3.C4H6O2/c2*1-2-9-7-4-5-8(6-7)10(9)3-1;1-4-6(7)9-5(2)8-3;1-3-4(5)6-2/h2*1-2,7-10H,3-6H2;4H,1-2H2,3H3;3H,1H2,2H3. The van der Waals surface area contributed by atoms with E-state index in [0.29, 0.717) is 0 Å². The largest absolute Gasteiger partial charge is 0.469 e. The highest BCUT2D eigenvalue weighted by Gasteiger charge is 2.47. The fourth-order valence-electron chi connectivity index (χ4n) is 7.27. The SMILES string of the molecule is C1=CC2C3CCC(C3)C2C1.C1=CC2C3CCC(C3)C2C1.C=CC(=O)OC.C=CC(=O)OC(=C)OC. The minimum atomic E-state index is -0.568. The Morgan fingerprint density at radius 3 is 1.54 bits per heavy atom. The van der Waals surface area contributed by atoms with E-state index >= 15 is 0 Å². The molecule has 35 heavy (non-hydrogen) atoms. The predicted molar refractivity (Wildman–Crippen MR) is 138 cm³/mol. The number of ether oxygens (including phenoxy) is 3. The zero-order chi connectivity index (χ0) is 25.4. The maximum absolute atomic E-state index is 10.3. The molecule has 192 valence electrons. The lowest BCUT2D eigenvalue weighted by atomic mass is 9.82. The highest BCUT2D eigenvalue weighted by Crippen LogP contribution is 2.57. The number of carbonyl (C=O) groups excluding carboxylic acids is 2. The lowest BCUT2D eigenvalue weighted by Crippen LogP contribution is -2.16. The van der Waals surface area contributed by atoms with Gasteiger partial charge in [0.1, 0.15) is 0 Å². The molecule has 5 heteroatoms. The monoisotopic (exact) mass is 482 g/mol. The third-order valence-electron chi connectivity index (χ3n) is 8.83. The Morgan fingerprint density at radius 2 is 1.20 bits per heavy atom. The molecule has 4 fully saturated rings. The van der Waals surface area contributed by atoms with Crippen LogP contribution in [0.25, 0.3) is 0 Å². The molecule has 0 amide bonds. The molecule has 6 aliphatic rings. The Morgan fingerprint density at radius 1 is 0.743 bits per heavy atom. The van der Waals surface area contributed by atoms with Gasteiger partial charge in [-0.15, -0.1) is 0 Å². The Labute approximate surface area is 211 Å². The minimum absolute atomic E-state index is 0.0279. The van der Waals surface area contributed by atoms with Crippen molar-refractivity contribution in [3.8, 4) is 0 Å². The molecule has 6 rings (SSSR count). The number of methoxy groups -OCH3 is 2. The Balaban J connectivity index is 0.000000133. The molecular weight excluding hydrogens is 440 g/mol. The summed E-state index contributed by atoms with van der Waals surface area (Å²) in [4.78, 5) is 20.1. The van der Waals surface area contributed by atoms with Gasteiger partial charge in [0.15, 0.2) is 0 Å². The van der Waals surface area contributed by atoms with Crippen LogP contribution >= 0.6 is 0 Å². The topological polar surface area (TPSA) is 61.8 Å². The summed E-state index contributed by atoms with van der Waals surface area (Å²) in [5.41, 5.74) is 0. The van der Waals surface area contributed by atoms with Gasteiger partial charge in [-0.25, -0.2) is 9.59 Å². The molecule has 5 nitrogen and oxygen atoms in total. The van der Waals surface area contributed by atoms with Gasteiger partial charge in [-0.1, -0.05) is 37.5 Å². The van der Waals surface area contributed by atoms with Gasteiger partial charge in [0.2, 0.25) is 0 Å². The van der Waals surface area contributed by atoms with E-state index in [0.717, 1.165) is 59.5 Å². The second-order valence-electron chi connectivity index (χ2n) is 10.4. The highest BCUT2D eigenvalue weighted by molar-refractivity contribution is 5.81. The summed E-state index contributed by atoms with van der Waals surface area (Å²) in [5.74, 6) is 7.73. The zero-order valence-electron chi connectivity index (χ0n) is 21.4. The number of fused-ring (bicyclic) bond motifs is 10. The van der Waals surface area contributed by atoms with Crippen molar-refractivity contribution in [2.45, 2.75) is 51.4 Å². The highest BCUT2D eigenvalue weighted by atomic mass is 16.7. The number of rotatable bonds is 4. The van der Waals surface area contributed by atoms with Crippen LogP contribution in [-0.4, -0.2) is 26.2 Å². The van der Waals surface area contributed by atoms with Crippen molar-refractivity contribution in [3.63, 3.8) is 0 Å². The average Bonchev–Trinajstić information content (AvgIpc) is 3.70. The lowest BCUT2D eigenvalue weighted by Gasteiger charge is -2.23. The molecule has 0 spiro atoms. The molecule has 4 saturated carbocycles. The van der Waals surface area contributed by atoms with Crippen molar-refractivity contribution in [3.05, 3.63) is 62.1 Å². The van der Waals surface area contributed by atoms with E-state index in [1.54, 1.807) is 25.7 Å². The normalized spacial score (nSPS) is 35.1. The van der Waals surface area contributed by atoms with Crippen LogP contribution in [0.5, 0.6) is 0 Å². The Hall–Kier alpha value is -2.56. The number of esters is 2. The van der Waals surface area contributed by atoms with Crippen molar-refractivity contribution in [2.75, 3.05) is 14.2 Å². The summed E-state index contributed by atoms with van der Waals surface area (Å²) in [6.07, 6.45) is 24.1. The maximum Gasteiger partial charge on any atom is 0.337 e. The quantitative estimate of drug-likeness (QED) is 0.201. The number of hydrogen-bond acceptors (Lipinski definition) is 5. The van der Waals surface area contributed by atoms with Gasteiger partial charge >= 0.3 is 11.9 Å². The molecular formula is C30H42O5. The number of hydrogen-bond donors (Lipinski definition) is 0. The fraction of sp³-hybridized carbons (Fsp3) is 0.600. The van der Waals surface area contributed by atoms with Crippen LogP contribution in [0, 0.1) is 47.3 Å². The fourth-order valence-corrected chi connectivity index (χ4v) is 7.27. The molecule has 6 aliphatic carbocycles. The van der Waals surface area contributed by atoms with Gasteiger partial charge in [-0.05, 0) is 105 Å². The van der Waals surface area contributed by atoms with Crippen LogP contribution in [0.1, 0.15) is 51.4 Å². The van der Waals surface area contributed by atoms with Crippen LogP contribution in [0.15, 0.2) is 62.1 Å². The first-order chi connectivity index (χ1) is 16.9. The summed E-state index contributed by atoms with van der Waals surface area (Å²) in [6.45, 7) is 9.58. The lowest BCUT2D eigenvalue weighted by molar-refractivity contribution is -0.138. The Kier molecular flexibility index (Phi) is 10.00. The second kappa shape index (κ2) is 12.9. The molecule has 4 bridgehead atoms. The first-order valence-electron chi connectivity index (χ1n) is 13.0. The first-order valence-corrected chi connectivity index (χ1v) is 13.0. The zero-order valence-corrected chi connectivity index (χ0v) is 21.4. The van der Waals surface area contributed by atoms with Crippen LogP contribution in [-0.2, 0) is 23.8 Å². The molecule has 0 N–H and O–H groups in total. The van der Waals surface area contributed by atoms with Crippen molar-refractivity contribution < 1.29 is 23.8 Å². The van der Waals surface area contributed by atoms with E-state index in [2.05, 4.69) is 58.3 Å². The number of allylic oxidation sites excluding steroid dienone is 4.